The third-order valence-electron chi connectivity index (χ3n) is 2.69. The van der Waals surface area contributed by atoms with Crippen molar-refractivity contribution in [2.45, 2.75) is 6.42 Å². The van der Waals surface area contributed by atoms with Gasteiger partial charge in [-0.3, -0.25) is 4.79 Å². The summed E-state index contributed by atoms with van der Waals surface area (Å²) in [5.74, 6) is -0.422. The Kier molecular flexibility index (Phi) is 4.53. The van der Waals surface area contributed by atoms with Crippen LogP contribution < -0.4 is 5.32 Å². The van der Waals surface area contributed by atoms with Gasteiger partial charge in [0.2, 0.25) is 0 Å². The maximum Gasteiger partial charge on any atom is 0.251 e. The summed E-state index contributed by atoms with van der Waals surface area (Å²) in [4.78, 5) is 11.8. The highest BCUT2D eigenvalue weighted by molar-refractivity contribution is 6.30. The SMILES string of the molecule is O=C(NCCc1cccc(F)c1)c1ccc(Cl)cc1. The Morgan fingerprint density at radius 2 is 1.89 bits per heavy atom. The molecule has 0 radical (unpaired) electrons. The van der Waals surface area contributed by atoms with Crippen LogP contribution in [0, 0.1) is 5.82 Å². The Labute approximate surface area is 116 Å². The fourth-order valence-electron chi connectivity index (χ4n) is 1.72. The number of carbonyl (C=O) groups is 1. The lowest BCUT2D eigenvalue weighted by atomic mass is 10.1. The fraction of sp³-hybridized carbons (Fsp3) is 0.133. The molecule has 98 valence electrons. The second-order valence-corrected chi connectivity index (χ2v) is 4.58. The number of hydrogen-bond acceptors (Lipinski definition) is 1. The first-order valence-electron chi connectivity index (χ1n) is 5.93. The summed E-state index contributed by atoms with van der Waals surface area (Å²) in [5, 5.41) is 3.38. The van der Waals surface area contributed by atoms with Crippen molar-refractivity contribution in [1.29, 1.82) is 0 Å². The molecule has 2 rings (SSSR count). The van der Waals surface area contributed by atoms with Gasteiger partial charge in [-0.25, -0.2) is 4.39 Å². The van der Waals surface area contributed by atoms with Crippen LogP contribution in [0.4, 0.5) is 4.39 Å². The van der Waals surface area contributed by atoms with E-state index in [4.69, 9.17) is 11.6 Å². The van der Waals surface area contributed by atoms with Crippen molar-refractivity contribution < 1.29 is 9.18 Å². The first kappa shape index (κ1) is 13.6. The van der Waals surface area contributed by atoms with Crippen molar-refractivity contribution in [3.8, 4) is 0 Å². The van der Waals surface area contributed by atoms with Gasteiger partial charge in [-0.15, -0.1) is 0 Å². The van der Waals surface area contributed by atoms with Crippen molar-refractivity contribution in [2.75, 3.05) is 6.54 Å². The third kappa shape index (κ3) is 4.07. The molecule has 0 bridgehead atoms. The number of halogens is 2. The number of amides is 1. The Morgan fingerprint density at radius 3 is 2.58 bits per heavy atom. The molecule has 0 aliphatic carbocycles. The summed E-state index contributed by atoms with van der Waals surface area (Å²) in [6.07, 6.45) is 0.594. The van der Waals surface area contributed by atoms with E-state index in [1.165, 1.54) is 12.1 Å². The second kappa shape index (κ2) is 6.34. The summed E-state index contributed by atoms with van der Waals surface area (Å²) in [6, 6.07) is 13.0. The van der Waals surface area contributed by atoms with Crippen molar-refractivity contribution in [3.05, 3.63) is 70.5 Å². The normalized spacial score (nSPS) is 10.2. The average Bonchev–Trinajstić information content (AvgIpc) is 2.39. The maximum atomic E-state index is 13.0. The number of nitrogens with one attached hydrogen (secondary N) is 1. The first-order chi connectivity index (χ1) is 9.15. The summed E-state index contributed by atoms with van der Waals surface area (Å²) >= 11 is 5.75. The van der Waals surface area contributed by atoms with Gasteiger partial charge in [0, 0.05) is 17.1 Å². The van der Waals surface area contributed by atoms with E-state index in [-0.39, 0.29) is 11.7 Å². The Morgan fingerprint density at radius 1 is 1.16 bits per heavy atom. The van der Waals surface area contributed by atoms with Crippen LogP contribution >= 0.6 is 11.6 Å². The van der Waals surface area contributed by atoms with E-state index >= 15 is 0 Å². The van der Waals surface area contributed by atoms with Gasteiger partial charge in [0.1, 0.15) is 5.82 Å². The largest absolute Gasteiger partial charge is 0.352 e. The van der Waals surface area contributed by atoms with Crippen molar-refractivity contribution >= 4 is 17.5 Å². The van der Waals surface area contributed by atoms with Crippen molar-refractivity contribution in [1.82, 2.24) is 5.32 Å². The average molecular weight is 278 g/mol. The van der Waals surface area contributed by atoms with Crippen LogP contribution in [0.2, 0.25) is 5.02 Å². The zero-order valence-corrected chi connectivity index (χ0v) is 11.0. The molecule has 19 heavy (non-hydrogen) atoms. The number of hydrogen-bond donors (Lipinski definition) is 1. The number of benzene rings is 2. The van der Waals surface area contributed by atoms with E-state index < -0.39 is 0 Å². The highest BCUT2D eigenvalue weighted by Gasteiger charge is 2.04. The molecule has 2 nitrogen and oxygen atoms in total. The van der Waals surface area contributed by atoms with Crippen molar-refractivity contribution in [3.63, 3.8) is 0 Å². The first-order valence-corrected chi connectivity index (χ1v) is 6.31. The Bertz CT molecular complexity index is 569. The highest BCUT2D eigenvalue weighted by Crippen LogP contribution is 2.09. The van der Waals surface area contributed by atoms with Crippen LogP contribution in [-0.4, -0.2) is 12.5 Å². The standard InChI is InChI=1S/C15H13ClFNO/c16-13-6-4-12(5-7-13)15(19)18-9-8-11-2-1-3-14(17)10-11/h1-7,10H,8-9H2,(H,18,19). The van der Waals surface area contributed by atoms with E-state index in [0.29, 0.717) is 23.6 Å². The van der Waals surface area contributed by atoms with Gasteiger partial charge in [-0.2, -0.15) is 0 Å². The minimum atomic E-state index is -0.262. The summed E-state index contributed by atoms with van der Waals surface area (Å²) in [5.41, 5.74) is 1.42. The molecule has 0 aromatic heterocycles. The molecule has 0 aliphatic heterocycles. The molecule has 0 fully saturated rings. The summed E-state index contributed by atoms with van der Waals surface area (Å²) in [7, 11) is 0. The van der Waals surface area contributed by atoms with Gasteiger partial charge in [-0.05, 0) is 48.4 Å². The lowest BCUT2D eigenvalue weighted by molar-refractivity contribution is 0.0954. The third-order valence-corrected chi connectivity index (χ3v) is 2.95. The van der Waals surface area contributed by atoms with Crippen LogP contribution in [0.15, 0.2) is 48.5 Å². The van der Waals surface area contributed by atoms with Crippen LogP contribution in [0.1, 0.15) is 15.9 Å². The molecular weight excluding hydrogens is 265 g/mol. The van der Waals surface area contributed by atoms with Gasteiger partial charge in [0.05, 0.1) is 0 Å². The topological polar surface area (TPSA) is 29.1 Å². The number of rotatable bonds is 4. The van der Waals surface area contributed by atoms with E-state index in [2.05, 4.69) is 5.32 Å². The maximum absolute atomic E-state index is 13.0. The van der Waals surface area contributed by atoms with Crippen molar-refractivity contribution in [2.24, 2.45) is 0 Å². The minimum Gasteiger partial charge on any atom is -0.352 e. The van der Waals surface area contributed by atoms with Gasteiger partial charge in [0.15, 0.2) is 0 Å². The van der Waals surface area contributed by atoms with E-state index in [9.17, 15) is 9.18 Å². The molecule has 0 saturated heterocycles. The molecule has 0 saturated carbocycles. The van der Waals surface area contributed by atoms with Gasteiger partial charge >= 0.3 is 0 Å². The Hall–Kier alpha value is -1.87. The predicted octanol–water partition coefficient (Wildman–Crippen LogP) is 3.45. The molecule has 1 amide bonds. The molecule has 0 aliphatic rings. The lowest BCUT2D eigenvalue weighted by Gasteiger charge is -2.05. The zero-order valence-electron chi connectivity index (χ0n) is 10.2. The molecule has 0 unspecified atom stereocenters. The minimum absolute atomic E-state index is 0.159. The second-order valence-electron chi connectivity index (χ2n) is 4.14. The van der Waals surface area contributed by atoms with E-state index in [1.54, 1.807) is 30.3 Å². The van der Waals surface area contributed by atoms with Crippen LogP contribution in [-0.2, 0) is 6.42 Å². The number of carbonyl (C=O) groups excluding carboxylic acids is 1. The van der Waals surface area contributed by atoms with Crippen LogP contribution in [0.25, 0.3) is 0 Å². The van der Waals surface area contributed by atoms with Gasteiger partial charge < -0.3 is 5.32 Å². The summed E-state index contributed by atoms with van der Waals surface area (Å²) < 4.78 is 13.0. The fourth-order valence-corrected chi connectivity index (χ4v) is 1.84. The Balaban J connectivity index is 1.86. The quantitative estimate of drug-likeness (QED) is 0.911. The highest BCUT2D eigenvalue weighted by atomic mass is 35.5. The van der Waals surface area contributed by atoms with Gasteiger partial charge in [-0.1, -0.05) is 23.7 Å². The molecule has 0 spiro atoms. The molecule has 4 heteroatoms. The molecule has 2 aromatic rings. The monoisotopic (exact) mass is 277 g/mol. The molecule has 2 aromatic carbocycles. The molecule has 0 atom stereocenters. The van der Waals surface area contributed by atoms with E-state index in [1.807, 2.05) is 6.07 Å². The van der Waals surface area contributed by atoms with Crippen LogP contribution in [0.5, 0.6) is 0 Å². The predicted molar refractivity (Wildman–Crippen MR) is 73.9 cm³/mol. The van der Waals surface area contributed by atoms with Gasteiger partial charge in [0.25, 0.3) is 5.91 Å². The molecule has 0 heterocycles. The van der Waals surface area contributed by atoms with E-state index in [0.717, 1.165) is 5.56 Å². The molecular formula is C15H13ClFNO. The van der Waals surface area contributed by atoms with Crippen LogP contribution in [0.3, 0.4) is 0 Å². The zero-order chi connectivity index (χ0) is 13.7. The summed E-state index contributed by atoms with van der Waals surface area (Å²) in [6.45, 7) is 0.463. The smallest absolute Gasteiger partial charge is 0.251 e. The lowest BCUT2D eigenvalue weighted by Crippen LogP contribution is -2.25. The molecule has 1 N–H and O–H groups in total.